The maximum atomic E-state index is 7.00. The summed E-state index contributed by atoms with van der Waals surface area (Å²) in [6.07, 6.45) is 3.64. The summed E-state index contributed by atoms with van der Waals surface area (Å²) in [6.45, 7) is 31.0. The third-order valence-corrected chi connectivity index (χ3v) is 7.92. The van der Waals surface area contributed by atoms with Crippen LogP contribution in [0.1, 0.15) is 22.3 Å². The molecule has 8 aromatic rings. The van der Waals surface area contributed by atoms with Crippen molar-refractivity contribution in [3.8, 4) is 0 Å². The molecule has 0 saturated heterocycles. The third kappa shape index (κ3) is 15.5. The molecule has 0 atom stereocenters. The molecule has 0 aliphatic carbocycles. The number of pyridine rings is 2. The molecule has 296 valence electrons. The van der Waals surface area contributed by atoms with Gasteiger partial charge < -0.3 is 43.8 Å². The van der Waals surface area contributed by atoms with E-state index in [0.717, 1.165) is 69.7 Å². The van der Waals surface area contributed by atoms with Crippen molar-refractivity contribution in [2.24, 2.45) is 0 Å². The van der Waals surface area contributed by atoms with E-state index in [1.54, 1.807) is 0 Å². The SMILES string of the molecule is CO.CO.[C-]#N.[C-]#N.[C-]#[N+]c1c(C)cccc1C.[C-]#[N+]c1c(C)cccc1C.[Pt+2].[Pt+2].[c-]1cccc2ccc3cccnc3c12.[c-]1cccc2ccc3cccnc3c12. The molecule has 0 radical (unpaired) electrons. The van der Waals surface area contributed by atoms with Gasteiger partial charge in [-0.3, -0.25) is 0 Å². The van der Waals surface area contributed by atoms with E-state index in [-0.39, 0.29) is 42.1 Å². The van der Waals surface area contributed by atoms with Crippen molar-refractivity contribution in [1.29, 1.82) is 10.5 Å². The Morgan fingerprint density at radius 2 is 0.741 bits per heavy atom. The van der Waals surface area contributed by atoms with E-state index in [0.29, 0.717) is 0 Å². The van der Waals surface area contributed by atoms with Crippen molar-refractivity contribution in [3.05, 3.63) is 204 Å². The molecular weight excluding hydrogens is 1080 g/mol. The van der Waals surface area contributed by atoms with Gasteiger partial charge in [0.25, 0.3) is 0 Å². The molecule has 10 heteroatoms. The first-order valence-electron chi connectivity index (χ1n) is 16.9. The molecule has 0 aliphatic rings. The molecule has 0 unspecified atom stereocenters. The minimum absolute atomic E-state index is 0. The van der Waals surface area contributed by atoms with Crippen LogP contribution in [0, 0.1) is 76.6 Å². The summed E-state index contributed by atoms with van der Waals surface area (Å²) >= 11 is 0. The molecule has 8 rings (SSSR count). The Hall–Kier alpha value is -6.08. The van der Waals surface area contributed by atoms with Crippen LogP contribution in [-0.4, -0.2) is 34.4 Å². The summed E-state index contributed by atoms with van der Waals surface area (Å²) < 4.78 is 0. The number of hydrogen-bond acceptors (Lipinski definition) is 6. The van der Waals surface area contributed by atoms with Crippen LogP contribution in [-0.2, 0) is 42.1 Å². The second kappa shape index (κ2) is 31.1. The quantitative estimate of drug-likeness (QED) is 0.115. The largest absolute Gasteiger partial charge is 2.00 e. The first-order valence-corrected chi connectivity index (χ1v) is 16.9. The van der Waals surface area contributed by atoms with Crippen LogP contribution < -0.4 is 0 Å². The topological polar surface area (TPSA) is 123 Å². The van der Waals surface area contributed by atoms with Gasteiger partial charge >= 0.3 is 42.1 Å². The average molecular weight is 1130 g/mol. The van der Waals surface area contributed by atoms with Crippen molar-refractivity contribution in [2.75, 3.05) is 14.2 Å². The zero-order valence-corrected chi connectivity index (χ0v) is 37.5. The Bertz CT molecular complexity index is 2230. The Morgan fingerprint density at radius 3 is 1.03 bits per heavy atom. The molecule has 0 bridgehead atoms. The predicted octanol–water partition coefficient (Wildman–Crippen LogP) is 11.5. The second-order valence-corrected chi connectivity index (χ2v) is 11.3. The van der Waals surface area contributed by atoms with Gasteiger partial charge in [0, 0.05) is 26.6 Å². The molecule has 0 fully saturated rings. The summed E-state index contributed by atoms with van der Waals surface area (Å²) in [5.41, 5.74) is 7.91. The van der Waals surface area contributed by atoms with E-state index in [1.807, 2.05) is 113 Å². The number of aromatic nitrogens is 2. The number of hydrogen-bond donors (Lipinski definition) is 2. The molecule has 0 saturated carbocycles. The predicted molar refractivity (Wildman–Crippen MR) is 227 cm³/mol. The molecule has 2 aromatic heterocycles. The summed E-state index contributed by atoms with van der Waals surface area (Å²) in [6, 6.07) is 46.7. The van der Waals surface area contributed by atoms with E-state index in [1.165, 1.54) is 21.5 Å². The zero-order chi connectivity index (χ0) is 41.9. The Morgan fingerprint density at radius 1 is 0.448 bits per heavy atom. The summed E-state index contributed by atoms with van der Waals surface area (Å²) in [5.74, 6) is 0. The number of para-hydroxylation sites is 2. The number of nitrogens with zero attached hydrogens (tertiary/aromatic N) is 6. The first-order chi connectivity index (χ1) is 27.4. The average Bonchev–Trinajstić information content (AvgIpc) is 3.27. The maximum Gasteiger partial charge on any atom is 2.00 e. The third-order valence-electron chi connectivity index (χ3n) is 7.92. The number of aliphatic hydroxyl groups is 2. The zero-order valence-electron chi connectivity index (χ0n) is 32.9. The van der Waals surface area contributed by atoms with Crippen molar-refractivity contribution < 1.29 is 52.3 Å². The number of aryl methyl sites for hydroxylation is 4. The molecule has 2 heterocycles. The summed E-state index contributed by atoms with van der Waals surface area (Å²) in [7, 11) is 2.00. The van der Waals surface area contributed by atoms with Gasteiger partial charge in [0.05, 0.1) is 13.1 Å². The molecule has 6 aromatic carbocycles. The van der Waals surface area contributed by atoms with Crippen LogP contribution in [0.2, 0.25) is 0 Å². The second-order valence-electron chi connectivity index (χ2n) is 11.3. The van der Waals surface area contributed by atoms with Gasteiger partial charge in [0.15, 0.2) is 11.4 Å². The van der Waals surface area contributed by atoms with Crippen molar-refractivity contribution >= 4 is 54.7 Å². The Kier molecular flexibility index (Phi) is 28.9. The summed E-state index contributed by atoms with van der Waals surface area (Å²) in [4.78, 5) is 15.6. The smallest absolute Gasteiger partial charge is 0.512 e. The van der Waals surface area contributed by atoms with Gasteiger partial charge in [-0.1, -0.05) is 72.8 Å². The Balaban J connectivity index is 0. The normalized spacial score (nSPS) is 8.59. The van der Waals surface area contributed by atoms with Crippen molar-refractivity contribution in [2.45, 2.75) is 27.7 Å². The number of fused-ring (bicyclic) bond motifs is 6. The van der Waals surface area contributed by atoms with Gasteiger partial charge in [0.1, 0.15) is 0 Å². The maximum absolute atomic E-state index is 7.00. The molecule has 2 N–H and O–H groups in total. The monoisotopic (exact) mass is 1120 g/mol. The molecule has 0 amide bonds. The van der Waals surface area contributed by atoms with Crippen LogP contribution in [0.3, 0.4) is 0 Å². The van der Waals surface area contributed by atoms with E-state index >= 15 is 0 Å². The van der Waals surface area contributed by atoms with Crippen molar-refractivity contribution in [3.63, 3.8) is 0 Å². The fourth-order valence-corrected chi connectivity index (χ4v) is 5.43. The molecule has 58 heavy (non-hydrogen) atoms. The number of aliphatic hydroxyl groups excluding tert-OH is 2. The van der Waals surface area contributed by atoms with Crippen LogP contribution in [0.5, 0.6) is 0 Å². The van der Waals surface area contributed by atoms with Gasteiger partial charge in [0.2, 0.25) is 0 Å². The van der Waals surface area contributed by atoms with Gasteiger partial charge in [-0.05, 0) is 83.9 Å². The first kappa shape index (κ1) is 54.0. The van der Waals surface area contributed by atoms with E-state index in [9.17, 15) is 0 Å². The number of rotatable bonds is 0. The van der Waals surface area contributed by atoms with Gasteiger partial charge in [-0.15, -0.1) is 70.1 Å². The minimum Gasteiger partial charge on any atom is -0.512 e. The molecule has 0 aliphatic heterocycles. The standard InChI is InChI=1S/2C13H8N.2C9H9N.2CN.2CH4O.2Pt/c2*1-2-6-12-10(4-1)7-8-11-5-3-9-14-13(11)12;2*1-7-5-4-6-8(2)9(7)10-3;4*1-2;;/h2*1-5,7-9H;2*4-6H,1-2H3;;;2*2H,1H3;;/q2*-1;;;2*-1;;;2*+2. The molecule has 0 spiro atoms. The van der Waals surface area contributed by atoms with Gasteiger partial charge in [-0.2, -0.15) is 0 Å². The molecular formula is C48H42N6O2Pt2. The fourth-order valence-electron chi connectivity index (χ4n) is 5.43. The van der Waals surface area contributed by atoms with Crippen LogP contribution in [0.15, 0.2) is 134 Å². The molecule has 8 nitrogen and oxygen atoms in total. The van der Waals surface area contributed by atoms with Crippen LogP contribution in [0.25, 0.3) is 53.0 Å². The van der Waals surface area contributed by atoms with E-state index in [2.05, 4.69) is 80.3 Å². The minimum atomic E-state index is 0. The summed E-state index contributed by atoms with van der Waals surface area (Å²) in [5, 5.41) is 33.4. The number of benzene rings is 6. The Labute approximate surface area is 371 Å². The van der Waals surface area contributed by atoms with E-state index in [4.69, 9.17) is 47.0 Å². The van der Waals surface area contributed by atoms with E-state index < -0.39 is 0 Å². The van der Waals surface area contributed by atoms with Crippen LogP contribution >= 0.6 is 0 Å². The fraction of sp³-hybridized carbons (Fsp3) is 0.125. The van der Waals surface area contributed by atoms with Crippen molar-refractivity contribution in [1.82, 2.24) is 9.97 Å². The van der Waals surface area contributed by atoms with Gasteiger partial charge in [-0.25, -0.2) is 9.69 Å². The van der Waals surface area contributed by atoms with Crippen LogP contribution in [0.4, 0.5) is 11.4 Å².